The molecule has 0 aromatic carbocycles. The fourth-order valence-electron chi connectivity index (χ4n) is 1.40. The van der Waals surface area contributed by atoms with Crippen LogP contribution in [0.4, 0.5) is 0 Å². The molecule has 0 aliphatic heterocycles. The van der Waals surface area contributed by atoms with Crippen LogP contribution >= 0.6 is 0 Å². The summed E-state index contributed by atoms with van der Waals surface area (Å²) in [6.45, 7) is 6.57. The number of nitrogens with zero attached hydrogens (tertiary/aromatic N) is 2. The van der Waals surface area contributed by atoms with Gasteiger partial charge in [0.2, 0.25) is 0 Å². The van der Waals surface area contributed by atoms with Gasteiger partial charge in [-0.25, -0.2) is 0 Å². The van der Waals surface area contributed by atoms with E-state index in [9.17, 15) is 0 Å². The van der Waals surface area contributed by atoms with Gasteiger partial charge in [-0.15, -0.1) is 0 Å². The summed E-state index contributed by atoms with van der Waals surface area (Å²) in [5.41, 5.74) is 7.24. The maximum absolute atomic E-state index is 6.12. The molecule has 2 atom stereocenters. The van der Waals surface area contributed by atoms with Gasteiger partial charge in [0.25, 0.3) is 0 Å². The molecule has 1 aromatic rings. The first kappa shape index (κ1) is 10.3. The second-order valence-electron chi connectivity index (χ2n) is 4.01. The van der Waals surface area contributed by atoms with Gasteiger partial charge in [-0.05, 0) is 17.9 Å². The van der Waals surface area contributed by atoms with Gasteiger partial charge in [0.15, 0.2) is 0 Å². The van der Waals surface area contributed by atoms with Gasteiger partial charge in [-0.2, -0.15) is 5.10 Å². The Bertz CT molecular complexity index is 265. The SMILES string of the molecule is CC(C)C(C)C(N)c1ccnn1C. The van der Waals surface area contributed by atoms with Crippen LogP contribution in [0.15, 0.2) is 12.3 Å². The van der Waals surface area contributed by atoms with Crippen LogP contribution in [-0.2, 0) is 7.05 Å². The predicted octanol–water partition coefficient (Wildman–Crippen LogP) is 1.71. The van der Waals surface area contributed by atoms with Crippen molar-refractivity contribution in [3.63, 3.8) is 0 Å². The average molecular weight is 181 g/mol. The lowest BCUT2D eigenvalue weighted by molar-refractivity contribution is 0.340. The van der Waals surface area contributed by atoms with Crippen molar-refractivity contribution in [3.8, 4) is 0 Å². The molecule has 13 heavy (non-hydrogen) atoms. The lowest BCUT2D eigenvalue weighted by Crippen LogP contribution is -2.25. The van der Waals surface area contributed by atoms with Gasteiger partial charge in [0, 0.05) is 19.3 Å². The first-order valence-corrected chi connectivity index (χ1v) is 4.77. The quantitative estimate of drug-likeness (QED) is 0.771. The van der Waals surface area contributed by atoms with E-state index in [1.54, 1.807) is 6.20 Å². The van der Waals surface area contributed by atoms with Crippen LogP contribution in [0.2, 0.25) is 0 Å². The molecule has 0 fully saturated rings. The Balaban J connectivity index is 2.79. The van der Waals surface area contributed by atoms with Crippen LogP contribution in [0.5, 0.6) is 0 Å². The van der Waals surface area contributed by atoms with Crippen LogP contribution in [0.1, 0.15) is 32.5 Å². The highest BCUT2D eigenvalue weighted by molar-refractivity contribution is 5.07. The number of hydrogen-bond donors (Lipinski definition) is 1. The molecule has 0 bridgehead atoms. The number of hydrogen-bond acceptors (Lipinski definition) is 2. The average Bonchev–Trinajstić information content (AvgIpc) is 2.48. The molecule has 2 unspecified atom stereocenters. The standard InChI is InChI=1S/C10H19N3/c1-7(2)8(3)10(11)9-5-6-12-13(9)4/h5-8,10H,11H2,1-4H3. The van der Waals surface area contributed by atoms with Crippen molar-refractivity contribution in [2.24, 2.45) is 24.6 Å². The minimum absolute atomic E-state index is 0.0903. The fourth-order valence-corrected chi connectivity index (χ4v) is 1.40. The Morgan fingerprint density at radius 1 is 1.38 bits per heavy atom. The van der Waals surface area contributed by atoms with Gasteiger partial charge in [0.05, 0.1) is 5.69 Å². The molecule has 3 heteroatoms. The van der Waals surface area contributed by atoms with E-state index in [0.717, 1.165) is 5.69 Å². The summed E-state index contributed by atoms with van der Waals surface area (Å²) in [5.74, 6) is 1.08. The summed E-state index contributed by atoms with van der Waals surface area (Å²) in [5, 5.41) is 4.12. The number of aryl methyl sites for hydroxylation is 1. The highest BCUT2D eigenvalue weighted by Gasteiger charge is 2.19. The Kier molecular flexibility index (Phi) is 3.09. The minimum Gasteiger partial charge on any atom is -0.322 e. The molecule has 0 aliphatic carbocycles. The van der Waals surface area contributed by atoms with Gasteiger partial charge in [-0.1, -0.05) is 20.8 Å². The fraction of sp³-hybridized carbons (Fsp3) is 0.700. The summed E-state index contributed by atoms with van der Waals surface area (Å²) < 4.78 is 1.85. The van der Waals surface area contributed by atoms with Crippen molar-refractivity contribution in [1.82, 2.24) is 9.78 Å². The minimum atomic E-state index is 0.0903. The van der Waals surface area contributed by atoms with E-state index >= 15 is 0 Å². The third kappa shape index (κ3) is 2.10. The molecule has 0 saturated carbocycles. The lowest BCUT2D eigenvalue weighted by atomic mass is 9.89. The van der Waals surface area contributed by atoms with E-state index in [1.807, 2.05) is 17.8 Å². The van der Waals surface area contributed by atoms with Crippen molar-refractivity contribution >= 4 is 0 Å². The van der Waals surface area contributed by atoms with E-state index in [4.69, 9.17) is 5.73 Å². The Hall–Kier alpha value is -0.830. The number of nitrogens with two attached hydrogens (primary N) is 1. The molecule has 2 N–H and O–H groups in total. The summed E-state index contributed by atoms with van der Waals surface area (Å²) in [7, 11) is 1.93. The van der Waals surface area contributed by atoms with Crippen molar-refractivity contribution in [1.29, 1.82) is 0 Å². The van der Waals surface area contributed by atoms with E-state index in [2.05, 4.69) is 25.9 Å². The molecule has 0 radical (unpaired) electrons. The lowest BCUT2D eigenvalue weighted by Gasteiger charge is -2.23. The summed E-state index contributed by atoms with van der Waals surface area (Å²) in [6.07, 6.45) is 1.79. The number of rotatable bonds is 3. The van der Waals surface area contributed by atoms with Gasteiger partial charge < -0.3 is 5.73 Å². The van der Waals surface area contributed by atoms with E-state index in [1.165, 1.54) is 0 Å². The van der Waals surface area contributed by atoms with Gasteiger partial charge >= 0.3 is 0 Å². The highest BCUT2D eigenvalue weighted by Crippen LogP contribution is 2.24. The predicted molar refractivity (Wildman–Crippen MR) is 54.1 cm³/mol. The topological polar surface area (TPSA) is 43.8 Å². The molecule has 0 saturated heterocycles. The third-order valence-electron chi connectivity index (χ3n) is 2.82. The molecular weight excluding hydrogens is 162 g/mol. The van der Waals surface area contributed by atoms with E-state index < -0.39 is 0 Å². The summed E-state index contributed by atoms with van der Waals surface area (Å²) >= 11 is 0. The van der Waals surface area contributed by atoms with Gasteiger partial charge in [0.1, 0.15) is 0 Å². The molecular formula is C10H19N3. The van der Waals surface area contributed by atoms with Crippen LogP contribution in [0.25, 0.3) is 0 Å². The monoisotopic (exact) mass is 181 g/mol. The molecule has 0 amide bonds. The maximum atomic E-state index is 6.12. The van der Waals surface area contributed by atoms with Crippen molar-refractivity contribution < 1.29 is 0 Å². The molecule has 1 aromatic heterocycles. The molecule has 1 rings (SSSR count). The van der Waals surface area contributed by atoms with Crippen LogP contribution in [0, 0.1) is 11.8 Å². The zero-order valence-electron chi connectivity index (χ0n) is 8.86. The van der Waals surface area contributed by atoms with Crippen molar-refractivity contribution in [2.45, 2.75) is 26.8 Å². The Morgan fingerprint density at radius 3 is 2.38 bits per heavy atom. The third-order valence-corrected chi connectivity index (χ3v) is 2.82. The molecule has 0 aliphatic rings. The second kappa shape index (κ2) is 3.92. The summed E-state index contributed by atoms with van der Waals surface area (Å²) in [6, 6.07) is 2.08. The van der Waals surface area contributed by atoms with Crippen LogP contribution in [0.3, 0.4) is 0 Å². The first-order valence-electron chi connectivity index (χ1n) is 4.77. The molecule has 3 nitrogen and oxygen atoms in total. The molecule has 74 valence electrons. The summed E-state index contributed by atoms with van der Waals surface area (Å²) in [4.78, 5) is 0. The Labute approximate surface area is 79.9 Å². The zero-order chi connectivity index (χ0) is 10.0. The second-order valence-corrected chi connectivity index (χ2v) is 4.01. The van der Waals surface area contributed by atoms with Crippen LogP contribution in [-0.4, -0.2) is 9.78 Å². The highest BCUT2D eigenvalue weighted by atomic mass is 15.3. The van der Waals surface area contributed by atoms with Gasteiger partial charge in [-0.3, -0.25) is 4.68 Å². The van der Waals surface area contributed by atoms with Crippen LogP contribution < -0.4 is 5.73 Å². The normalized spacial score (nSPS) is 16.2. The Morgan fingerprint density at radius 2 is 2.00 bits per heavy atom. The largest absolute Gasteiger partial charge is 0.322 e. The van der Waals surface area contributed by atoms with E-state index in [-0.39, 0.29) is 6.04 Å². The smallest absolute Gasteiger partial charge is 0.0550 e. The van der Waals surface area contributed by atoms with E-state index in [0.29, 0.717) is 11.8 Å². The van der Waals surface area contributed by atoms with Crippen molar-refractivity contribution in [3.05, 3.63) is 18.0 Å². The maximum Gasteiger partial charge on any atom is 0.0550 e. The number of aromatic nitrogens is 2. The van der Waals surface area contributed by atoms with Crippen molar-refractivity contribution in [2.75, 3.05) is 0 Å². The molecule has 0 spiro atoms. The first-order chi connectivity index (χ1) is 6.04. The molecule has 1 heterocycles. The zero-order valence-corrected chi connectivity index (χ0v) is 8.86.